The summed E-state index contributed by atoms with van der Waals surface area (Å²) < 4.78 is 5.83. The minimum Gasteiger partial charge on any atom is -0.480 e. The molecule has 24 heavy (non-hydrogen) atoms. The summed E-state index contributed by atoms with van der Waals surface area (Å²) in [6, 6.07) is 15.1. The van der Waals surface area contributed by atoms with E-state index in [1.165, 1.54) is 11.1 Å². The molecular weight excluding hydrogens is 302 g/mol. The average Bonchev–Trinajstić information content (AvgIpc) is 2.94. The fourth-order valence-corrected chi connectivity index (χ4v) is 2.76. The lowest BCUT2D eigenvalue weighted by Crippen LogP contribution is -2.37. The van der Waals surface area contributed by atoms with Gasteiger partial charge < -0.3 is 9.52 Å². The molecule has 4 nitrogen and oxygen atoms in total. The van der Waals surface area contributed by atoms with Crippen LogP contribution in [0.3, 0.4) is 0 Å². The molecule has 3 rings (SSSR count). The number of hydrogen-bond acceptors (Lipinski definition) is 3. The van der Waals surface area contributed by atoms with E-state index in [1.807, 2.05) is 42.5 Å². The minimum absolute atomic E-state index is 0.385. The zero-order chi connectivity index (χ0) is 17.1. The first-order valence-electron chi connectivity index (χ1n) is 8.02. The van der Waals surface area contributed by atoms with Crippen molar-refractivity contribution in [1.29, 1.82) is 0 Å². The molecule has 0 aliphatic carbocycles. The smallest absolute Gasteiger partial charge is 0.321 e. The third-order valence-corrected chi connectivity index (χ3v) is 4.29. The third kappa shape index (κ3) is 3.66. The van der Waals surface area contributed by atoms with Gasteiger partial charge in [-0.2, -0.15) is 0 Å². The molecule has 1 aromatic heterocycles. The summed E-state index contributed by atoms with van der Waals surface area (Å²) in [5, 5.41) is 13.6. The monoisotopic (exact) mass is 323 g/mol. The Labute approximate surface area is 141 Å². The topological polar surface area (TPSA) is 62.5 Å². The predicted octanol–water partition coefficient (Wildman–Crippen LogP) is 3.84. The Kier molecular flexibility index (Phi) is 4.67. The number of aliphatic carboxylic acids is 1. The highest BCUT2D eigenvalue weighted by Crippen LogP contribution is 2.23. The van der Waals surface area contributed by atoms with Crippen molar-refractivity contribution in [2.24, 2.45) is 0 Å². The van der Waals surface area contributed by atoms with Gasteiger partial charge in [0.1, 0.15) is 17.4 Å². The summed E-state index contributed by atoms with van der Waals surface area (Å²) in [7, 11) is 0. The van der Waals surface area contributed by atoms with Crippen molar-refractivity contribution in [3.63, 3.8) is 0 Å². The molecule has 0 saturated heterocycles. The van der Waals surface area contributed by atoms with Gasteiger partial charge in [-0.05, 0) is 55.2 Å². The van der Waals surface area contributed by atoms with Crippen LogP contribution in [0.15, 0.2) is 52.9 Å². The van der Waals surface area contributed by atoms with Crippen LogP contribution < -0.4 is 5.32 Å². The second-order valence-electron chi connectivity index (χ2n) is 6.15. The van der Waals surface area contributed by atoms with Gasteiger partial charge in [-0.25, -0.2) is 0 Å². The third-order valence-electron chi connectivity index (χ3n) is 4.29. The number of rotatable bonds is 6. The highest BCUT2D eigenvalue weighted by atomic mass is 16.4. The SMILES string of the molecule is Cc1cc2cc(CN[C@@H](Cc3ccccc3)C(=O)O)oc2cc1C. The highest BCUT2D eigenvalue weighted by molar-refractivity contribution is 5.79. The van der Waals surface area contributed by atoms with Crippen LogP contribution in [0.1, 0.15) is 22.5 Å². The number of furan rings is 1. The number of nitrogens with one attached hydrogen (secondary N) is 1. The van der Waals surface area contributed by atoms with Crippen molar-refractivity contribution >= 4 is 16.9 Å². The minimum atomic E-state index is -0.860. The van der Waals surface area contributed by atoms with Crippen LogP contribution in [-0.2, 0) is 17.8 Å². The van der Waals surface area contributed by atoms with Crippen molar-refractivity contribution in [3.8, 4) is 0 Å². The summed E-state index contributed by atoms with van der Waals surface area (Å²) >= 11 is 0. The first-order chi connectivity index (χ1) is 11.5. The molecule has 3 aromatic rings. The molecule has 0 unspecified atom stereocenters. The number of hydrogen-bond donors (Lipinski definition) is 2. The van der Waals surface area contributed by atoms with Crippen molar-refractivity contribution in [2.45, 2.75) is 32.9 Å². The molecule has 4 heteroatoms. The van der Waals surface area contributed by atoms with Crippen LogP contribution in [0.2, 0.25) is 0 Å². The van der Waals surface area contributed by atoms with E-state index in [0.717, 1.165) is 22.3 Å². The first kappa shape index (κ1) is 16.3. The molecule has 0 aliphatic heterocycles. The molecule has 0 radical (unpaired) electrons. The molecule has 0 fully saturated rings. The average molecular weight is 323 g/mol. The summed E-state index contributed by atoms with van der Waals surface area (Å²) in [4.78, 5) is 11.5. The van der Waals surface area contributed by atoms with Crippen LogP contribution in [0.5, 0.6) is 0 Å². The van der Waals surface area contributed by atoms with Gasteiger partial charge in [0.05, 0.1) is 6.54 Å². The van der Waals surface area contributed by atoms with Gasteiger partial charge in [-0.3, -0.25) is 10.1 Å². The van der Waals surface area contributed by atoms with Gasteiger partial charge in [0.15, 0.2) is 0 Å². The van der Waals surface area contributed by atoms with Gasteiger partial charge in [-0.1, -0.05) is 30.3 Å². The Balaban J connectivity index is 1.71. The van der Waals surface area contributed by atoms with Crippen molar-refractivity contribution in [3.05, 3.63) is 71.0 Å². The first-order valence-corrected chi connectivity index (χ1v) is 8.02. The second-order valence-corrected chi connectivity index (χ2v) is 6.15. The van der Waals surface area contributed by atoms with Crippen LogP contribution >= 0.6 is 0 Å². The fourth-order valence-electron chi connectivity index (χ4n) is 2.76. The van der Waals surface area contributed by atoms with Gasteiger partial charge >= 0.3 is 5.97 Å². The predicted molar refractivity (Wildman–Crippen MR) is 94.1 cm³/mol. The van der Waals surface area contributed by atoms with E-state index in [4.69, 9.17) is 4.42 Å². The molecule has 0 spiro atoms. The van der Waals surface area contributed by atoms with E-state index in [2.05, 4.69) is 25.2 Å². The van der Waals surface area contributed by atoms with Crippen LogP contribution in [0.25, 0.3) is 11.0 Å². The Bertz CT molecular complexity index is 813. The van der Waals surface area contributed by atoms with E-state index in [0.29, 0.717) is 13.0 Å². The van der Waals surface area contributed by atoms with E-state index >= 15 is 0 Å². The Morgan fingerprint density at radius 3 is 2.54 bits per heavy atom. The largest absolute Gasteiger partial charge is 0.480 e. The quantitative estimate of drug-likeness (QED) is 0.723. The molecule has 2 aromatic carbocycles. The van der Waals surface area contributed by atoms with Crippen LogP contribution in [0.4, 0.5) is 0 Å². The molecule has 0 aliphatic rings. The summed E-state index contributed by atoms with van der Waals surface area (Å²) in [5.74, 6) is -0.115. The molecule has 2 N–H and O–H groups in total. The van der Waals surface area contributed by atoms with E-state index in [1.54, 1.807) is 0 Å². The number of benzene rings is 2. The lowest BCUT2D eigenvalue weighted by Gasteiger charge is -2.13. The van der Waals surface area contributed by atoms with Gasteiger partial charge in [0.25, 0.3) is 0 Å². The Morgan fingerprint density at radius 1 is 1.12 bits per heavy atom. The lowest BCUT2D eigenvalue weighted by atomic mass is 10.1. The Hall–Kier alpha value is -2.59. The van der Waals surface area contributed by atoms with Crippen LogP contribution in [-0.4, -0.2) is 17.1 Å². The summed E-state index contributed by atoms with van der Waals surface area (Å²) in [6.07, 6.45) is 0.439. The number of fused-ring (bicyclic) bond motifs is 1. The normalized spacial score (nSPS) is 12.4. The molecule has 1 atom stereocenters. The zero-order valence-electron chi connectivity index (χ0n) is 13.9. The number of carbonyl (C=O) groups is 1. The number of aryl methyl sites for hydroxylation is 2. The molecule has 0 amide bonds. The lowest BCUT2D eigenvalue weighted by molar-refractivity contribution is -0.139. The van der Waals surface area contributed by atoms with Crippen LogP contribution in [0, 0.1) is 13.8 Å². The molecule has 1 heterocycles. The standard InChI is InChI=1S/C20H21NO3/c1-13-8-16-11-17(24-19(16)9-14(13)2)12-21-18(20(22)23)10-15-6-4-3-5-7-15/h3-9,11,18,21H,10,12H2,1-2H3,(H,22,23)/t18-/m0/s1. The summed E-state index contributed by atoms with van der Waals surface area (Å²) in [5.41, 5.74) is 4.23. The van der Waals surface area contributed by atoms with Gasteiger partial charge in [-0.15, -0.1) is 0 Å². The van der Waals surface area contributed by atoms with E-state index < -0.39 is 12.0 Å². The maximum Gasteiger partial charge on any atom is 0.321 e. The maximum atomic E-state index is 11.5. The van der Waals surface area contributed by atoms with Crippen molar-refractivity contribution in [2.75, 3.05) is 0 Å². The van der Waals surface area contributed by atoms with E-state index in [9.17, 15) is 9.90 Å². The molecular formula is C20H21NO3. The molecule has 0 bridgehead atoms. The molecule has 124 valence electrons. The van der Waals surface area contributed by atoms with E-state index in [-0.39, 0.29) is 0 Å². The second kappa shape index (κ2) is 6.89. The Morgan fingerprint density at radius 2 is 1.83 bits per heavy atom. The summed E-state index contributed by atoms with van der Waals surface area (Å²) in [6.45, 7) is 4.51. The fraction of sp³-hybridized carbons (Fsp3) is 0.250. The van der Waals surface area contributed by atoms with Gasteiger partial charge in [0.2, 0.25) is 0 Å². The number of carboxylic acid groups (broad SMARTS) is 1. The zero-order valence-corrected chi connectivity index (χ0v) is 13.9. The molecule has 0 saturated carbocycles. The van der Waals surface area contributed by atoms with Crippen molar-refractivity contribution < 1.29 is 14.3 Å². The maximum absolute atomic E-state index is 11.5. The van der Waals surface area contributed by atoms with Crippen molar-refractivity contribution in [1.82, 2.24) is 5.32 Å². The highest BCUT2D eigenvalue weighted by Gasteiger charge is 2.18. The van der Waals surface area contributed by atoms with Gasteiger partial charge in [0, 0.05) is 5.39 Å². The number of carboxylic acids is 1.